The average Bonchev–Trinajstić information content (AvgIpc) is 2.87. The van der Waals surface area contributed by atoms with E-state index in [9.17, 15) is 19.7 Å². The Kier molecular flexibility index (Phi) is 3.51. The second-order valence-corrected chi connectivity index (χ2v) is 4.61. The maximum absolute atomic E-state index is 11.8. The van der Waals surface area contributed by atoms with E-state index in [0.29, 0.717) is 16.7 Å². The lowest BCUT2D eigenvalue weighted by Crippen LogP contribution is -2.16. The number of anilines is 1. The minimum Gasteiger partial charge on any atom is -0.410 e. The summed E-state index contributed by atoms with van der Waals surface area (Å²) in [5.74, 6) is 0.171. The van der Waals surface area contributed by atoms with Crippen molar-refractivity contribution in [1.29, 1.82) is 0 Å². The fraction of sp³-hybridized carbons (Fsp3) is 0. The topological polar surface area (TPSA) is 130 Å². The molecule has 0 fully saturated rings. The molecule has 3 rings (SSSR count). The molecular formula is C14H10N4O5. The van der Waals surface area contributed by atoms with Gasteiger partial charge >= 0.3 is 11.8 Å². The van der Waals surface area contributed by atoms with E-state index in [0.717, 1.165) is 0 Å². The number of fused-ring (bicyclic) bond motifs is 1. The number of nitro benzene ring substituents is 1. The van der Waals surface area contributed by atoms with Crippen LogP contribution in [0.15, 0.2) is 47.3 Å². The summed E-state index contributed by atoms with van der Waals surface area (Å²) in [6.45, 7) is 0. The maximum Gasteiger partial charge on any atom is 0.417 e. The van der Waals surface area contributed by atoms with E-state index >= 15 is 0 Å². The molecule has 3 aromatic rings. The number of carbonyl (C=O) groups is 1. The largest absolute Gasteiger partial charge is 0.417 e. The zero-order valence-corrected chi connectivity index (χ0v) is 11.5. The molecule has 1 heterocycles. The molecule has 0 saturated carbocycles. The second-order valence-electron chi connectivity index (χ2n) is 4.61. The second kappa shape index (κ2) is 5.64. The van der Waals surface area contributed by atoms with Crippen LogP contribution < -0.4 is 15.7 Å². The lowest BCUT2D eigenvalue weighted by Gasteiger charge is -2.06. The Morgan fingerprint density at radius 2 is 1.78 bits per heavy atom. The Balaban J connectivity index is 1.70. The highest BCUT2D eigenvalue weighted by Crippen LogP contribution is 2.19. The van der Waals surface area contributed by atoms with Crippen molar-refractivity contribution in [3.8, 4) is 5.75 Å². The van der Waals surface area contributed by atoms with Crippen molar-refractivity contribution in [3.63, 3.8) is 0 Å². The number of H-pyrrole nitrogens is 2. The van der Waals surface area contributed by atoms with Gasteiger partial charge in [-0.1, -0.05) is 0 Å². The predicted molar refractivity (Wildman–Crippen MR) is 81.7 cm³/mol. The van der Waals surface area contributed by atoms with Crippen molar-refractivity contribution >= 4 is 28.5 Å². The van der Waals surface area contributed by atoms with Crippen LogP contribution in [0, 0.1) is 10.1 Å². The van der Waals surface area contributed by atoms with Gasteiger partial charge in [0, 0.05) is 17.8 Å². The van der Waals surface area contributed by atoms with Gasteiger partial charge in [0.05, 0.1) is 16.0 Å². The quantitative estimate of drug-likeness (QED) is 0.504. The Morgan fingerprint density at radius 3 is 2.48 bits per heavy atom. The number of nitrogens with one attached hydrogen (secondary N) is 3. The molecule has 0 unspecified atom stereocenters. The van der Waals surface area contributed by atoms with E-state index in [2.05, 4.69) is 15.3 Å². The first kappa shape index (κ1) is 14.3. The third-order valence-corrected chi connectivity index (χ3v) is 3.02. The fourth-order valence-electron chi connectivity index (χ4n) is 2.00. The van der Waals surface area contributed by atoms with Gasteiger partial charge in [-0.05, 0) is 30.3 Å². The molecule has 0 aliphatic rings. The fourth-order valence-corrected chi connectivity index (χ4v) is 2.00. The normalized spacial score (nSPS) is 10.4. The summed E-state index contributed by atoms with van der Waals surface area (Å²) in [4.78, 5) is 38.1. The van der Waals surface area contributed by atoms with E-state index in [1.807, 2.05) is 0 Å². The Bertz CT molecular complexity index is 942. The van der Waals surface area contributed by atoms with Gasteiger partial charge in [0.15, 0.2) is 0 Å². The van der Waals surface area contributed by atoms with Gasteiger partial charge in [-0.25, -0.2) is 9.59 Å². The number of carbonyl (C=O) groups excluding carboxylic acids is 1. The molecule has 0 bridgehead atoms. The number of amides is 1. The van der Waals surface area contributed by atoms with Crippen molar-refractivity contribution in [3.05, 3.63) is 63.1 Å². The first-order valence-electron chi connectivity index (χ1n) is 6.46. The number of non-ortho nitro benzene ring substituents is 1. The molecule has 0 saturated heterocycles. The SMILES string of the molecule is O=C(Nc1ccc2[nH]c(=O)[nH]c2c1)Oc1ccc([N+](=O)[O-])cc1. The lowest BCUT2D eigenvalue weighted by molar-refractivity contribution is -0.384. The summed E-state index contributed by atoms with van der Waals surface area (Å²) >= 11 is 0. The molecule has 1 aromatic heterocycles. The van der Waals surface area contributed by atoms with Gasteiger partial charge in [0.2, 0.25) is 0 Å². The van der Waals surface area contributed by atoms with Gasteiger partial charge in [0.1, 0.15) is 5.75 Å². The number of ether oxygens (including phenoxy) is 1. The summed E-state index contributed by atoms with van der Waals surface area (Å²) in [6.07, 6.45) is -0.754. The first-order chi connectivity index (χ1) is 11.0. The van der Waals surface area contributed by atoms with Crippen LogP contribution in [0.5, 0.6) is 5.75 Å². The number of aromatic amines is 2. The molecule has 0 radical (unpaired) electrons. The third kappa shape index (κ3) is 3.18. The highest BCUT2D eigenvalue weighted by atomic mass is 16.6. The molecule has 0 atom stereocenters. The van der Waals surface area contributed by atoms with E-state index in [1.165, 1.54) is 24.3 Å². The molecule has 9 heteroatoms. The van der Waals surface area contributed by atoms with Crippen LogP contribution in [0.25, 0.3) is 11.0 Å². The van der Waals surface area contributed by atoms with Gasteiger partial charge in [0.25, 0.3) is 5.69 Å². The highest BCUT2D eigenvalue weighted by Gasteiger charge is 2.09. The Hall–Kier alpha value is -3.62. The molecular weight excluding hydrogens is 304 g/mol. The molecule has 23 heavy (non-hydrogen) atoms. The van der Waals surface area contributed by atoms with E-state index < -0.39 is 11.0 Å². The molecule has 9 nitrogen and oxygen atoms in total. The van der Waals surface area contributed by atoms with Crippen molar-refractivity contribution < 1.29 is 14.5 Å². The van der Waals surface area contributed by atoms with Crippen molar-refractivity contribution in [2.45, 2.75) is 0 Å². The number of hydrogen-bond acceptors (Lipinski definition) is 5. The first-order valence-corrected chi connectivity index (χ1v) is 6.46. The summed E-state index contributed by atoms with van der Waals surface area (Å²) < 4.78 is 5.02. The van der Waals surface area contributed by atoms with E-state index in [-0.39, 0.29) is 17.1 Å². The highest BCUT2D eigenvalue weighted by molar-refractivity contribution is 5.89. The van der Waals surface area contributed by atoms with Crippen LogP contribution in [-0.2, 0) is 0 Å². The molecule has 2 aromatic carbocycles. The van der Waals surface area contributed by atoms with Crippen LogP contribution in [0.2, 0.25) is 0 Å². The van der Waals surface area contributed by atoms with Gasteiger partial charge in [-0.3, -0.25) is 15.4 Å². The molecule has 116 valence electrons. The number of rotatable bonds is 3. The average molecular weight is 314 g/mol. The van der Waals surface area contributed by atoms with E-state index in [4.69, 9.17) is 4.74 Å². The summed E-state index contributed by atoms with van der Waals surface area (Å²) in [7, 11) is 0. The van der Waals surface area contributed by atoms with Crippen LogP contribution in [0.4, 0.5) is 16.2 Å². The lowest BCUT2D eigenvalue weighted by atomic mass is 10.3. The number of hydrogen-bond donors (Lipinski definition) is 3. The monoisotopic (exact) mass is 314 g/mol. The van der Waals surface area contributed by atoms with Crippen molar-refractivity contribution in [1.82, 2.24) is 9.97 Å². The predicted octanol–water partition coefficient (Wildman–Crippen LogP) is 2.38. The number of benzene rings is 2. The Labute approximate surface area is 128 Å². The molecule has 1 amide bonds. The van der Waals surface area contributed by atoms with Crippen LogP contribution in [-0.4, -0.2) is 21.0 Å². The van der Waals surface area contributed by atoms with Gasteiger partial charge in [-0.15, -0.1) is 0 Å². The maximum atomic E-state index is 11.8. The zero-order valence-electron chi connectivity index (χ0n) is 11.5. The van der Waals surface area contributed by atoms with Crippen LogP contribution in [0.3, 0.4) is 0 Å². The van der Waals surface area contributed by atoms with E-state index in [1.54, 1.807) is 18.2 Å². The van der Waals surface area contributed by atoms with Crippen molar-refractivity contribution in [2.75, 3.05) is 5.32 Å². The minimum absolute atomic E-state index is 0.0976. The summed E-state index contributed by atoms with van der Waals surface area (Å²) in [5.41, 5.74) is 1.15. The molecule has 0 aliphatic carbocycles. The van der Waals surface area contributed by atoms with Crippen LogP contribution >= 0.6 is 0 Å². The molecule has 0 aliphatic heterocycles. The smallest absolute Gasteiger partial charge is 0.410 e. The zero-order chi connectivity index (χ0) is 16.4. The molecule has 0 spiro atoms. The summed E-state index contributed by atoms with van der Waals surface area (Å²) in [6, 6.07) is 9.93. The number of aromatic nitrogens is 2. The minimum atomic E-state index is -0.754. The van der Waals surface area contributed by atoms with Gasteiger partial charge < -0.3 is 14.7 Å². The standard InChI is InChI=1S/C14H10N4O5/c19-13-16-11-6-1-8(7-12(11)17-13)15-14(20)23-10-4-2-9(3-5-10)18(21)22/h1-7H,(H,15,20)(H2,16,17,19). The molecule has 3 N–H and O–H groups in total. The third-order valence-electron chi connectivity index (χ3n) is 3.02. The number of nitro groups is 1. The van der Waals surface area contributed by atoms with Crippen LogP contribution in [0.1, 0.15) is 0 Å². The summed E-state index contributed by atoms with van der Waals surface area (Å²) in [5, 5.41) is 13.0. The number of imidazole rings is 1. The number of nitrogens with zero attached hydrogens (tertiary/aromatic N) is 1. The Morgan fingerprint density at radius 1 is 1.09 bits per heavy atom. The van der Waals surface area contributed by atoms with Crippen molar-refractivity contribution in [2.24, 2.45) is 0 Å². The van der Waals surface area contributed by atoms with Gasteiger partial charge in [-0.2, -0.15) is 0 Å².